The van der Waals surface area contributed by atoms with Crippen molar-refractivity contribution in [2.75, 3.05) is 13.2 Å². The summed E-state index contributed by atoms with van der Waals surface area (Å²) in [7, 11) is 0. The third-order valence-electron chi connectivity index (χ3n) is 4.57. The number of rotatable bonds is 3. The lowest BCUT2D eigenvalue weighted by Gasteiger charge is -2.18. The van der Waals surface area contributed by atoms with E-state index in [0.717, 1.165) is 28.4 Å². The Balaban J connectivity index is 1.42. The number of hydrogen-bond acceptors (Lipinski definition) is 4. The summed E-state index contributed by atoms with van der Waals surface area (Å²) in [5, 5.41) is 8.58. The van der Waals surface area contributed by atoms with E-state index in [2.05, 4.69) is 46.7 Å². The van der Waals surface area contributed by atoms with Gasteiger partial charge in [-0.2, -0.15) is 0 Å². The molecule has 0 bridgehead atoms. The van der Waals surface area contributed by atoms with Gasteiger partial charge in [0.05, 0.1) is 11.9 Å². The van der Waals surface area contributed by atoms with Gasteiger partial charge in [-0.15, -0.1) is 5.10 Å². The maximum Gasteiger partial charge on any atom is 0.163 e. The molecule has 0 amide bonds. The Bertz CT molecular complexity index is 1070. The fourth-order valence-corrected chi connectivity index (χ4v) is 3.16. The predicted molar refractivity (Wildman–Crippen MR) is 103 cm³/mol. The molecule has 0 spiro atoms. The van der Waals surface area contributed by atoms with Crippen molar-refractivity contribution in [2.45, 2.75) is 0 Å². The molecule has 0 radical (unpaired) electrons. The van der Waals surface area contributed by atoms with Crippen LogP contribution in [0, 0.1) is 0 Å². The van der Waals surface area contributed by atoms with E-state index in [-0.39, 0.29) is 0 Å². The summed E-state index contributed by atoms with van der Waals surface area (Å²) >= 11 is 0. The van der Waals surface area contributed by atoms with E-state index in [4.69, 9.17) is 9.47 Å². The van der Waals surface area contributed by atoms with Crippen molar-refractivity contribution < 1.29 is 9.47 Å². The van der Waals surface area contributed by atoms with Gasteiger partial charge in [0.25, 0.3) is 0 Å². The van der Waals surface area contributed by atoms with Crippen molar-refractivity contribution in [3.05, 3.63) is 79.0 Å². The highest BCUT2D eigenvalue weighted by Gasteiger charge is 2.13. The predicted octanol–water partition coefficient (Wildman–Crippen LogP) is 4.37. The monoisotopic (exact) mass is 355 g/mol. The molecule has 5 nitrogen and oxygen atoms in total. The topological polar surface area (TPSA) is 49.2 Å². The molecule has 0 saturated carbocycles. The van der Waals surface area contributed by atoms with Gasteiger partial charge in [-0.3, -0.25) is 0 Å². The van der Waals surface area contributed by atoms with Crippen LogP contribution in [0.3, 0.4) is 0 Å². The number of ether oxygens (including phenoxy) is 2. The molecule has 1 aliphatic rings. The average Bonchev–Trinajstić information content (AvgIpc) is 3.24. The summed E-state index contributed by atoms with van der Waals surface area (Å²) in [4.78, 5) is 0. The van der Waals surface area contributed by atoms with Crippen LogP contribution in [0.15, 0.2) is 79.0 Å². The molecule has 132 valence electrons. The first-order valence-electron chi connectivity index (χ1n) is 8.85. The first-order chi connectivity index (χ1) is 13.4. The van der Waals surface area contributed by atoms with Crippen molar-refractivity contribution in [3.63, 3.8) is 0 Å². The van der Waals surface area contributed by atoms with Crippen molar-refractivity contribution >= 4 is 0 Å². The fourth-order valence-electron chi connectivity index (χ4n) is 3.16. The van der Waals surface area contributed by atoms with Gasteiger partial charge in [0, 0.05) is 11.6 Å². The summed E-state index contributed by atoms with van der Waals surface area (Å²) in [5.74, 6) is 1.50. The number of aromatic nitrogens is 3. The standard InChI is InChI=1S/C22H17N3O2/c1-2-4-16(5-3-1)17-6-8-18(9-7-17)20-15-25(24-23-20)19-10-11-21-22(14-19)27-13-12-26-21/h1-11,14-15H,12-13H2. The molecule has 0 saturated heterocycles. The number of benzene rings is 3. The molecule has 3 aromatic carbocycles. The van der Waals surface area contributed by atoms with Gasteiger partial charge in [0.15, 0.2) is 11.5 Å². The van der Waals surface area contributed by atoms with Crippen LogP contribution in [0.2, 0.25) is 0 Å². The van der Waals surface area contributed by atoms with E-state index in [1.165, 1.54) is 11.1 Å². The molecule has 0 fully saturated rings. The van der Waals surface area contributed by atoms with Crippen molar-refractivity contribution in [2.24, 2.45) is 0 Å². The summed E-state index contributed by atoms with van der Waals surface area (Å²) in [6.45, 7) is 1.14. The Morgan fingerprint density at radius 2 is 1.41 bits per heavy atom. The number of hydrogen-bond donors (Lipinski definition) is 0. The van der Waals surface area contributed by atoms with Gasteiger partial charge in [-0.25, -0.2) is 4.68 Å². The van der Waals surface area contributed by atoms with E-state index >= 15 is 0 Å². The Hall–Kier alpha value is -3.60. The molecular weight excluding hydrogens is 338 g/mol. The second kappa shape index (κ2) is 6.61. The van der Waals surface area contributed by atoms with Crippen LogP contribution in [0.4, 0.5) is 0 Å². The third-order valence-corrected chi connectivity index (χ3v) is 4.57. The van der Waals surface area contributed by atoms with Crippen LogP contribution >= 0.6 is 0 Å². The first-order valence-corrected chi connectivity index (χ1v) is 8.85. The molecule has 1 aliphatic heterocycles. The lowest BCUT2D eigenvalue weighted by Crippen LogP contribution is -2.15. The minimum Gasteiger partial charge on any atom is -0.486 e. The van der Waals surface area contributed by atoms with Crippen LogP contribution in [-0.2, 0) is 0 Å². The summed E-state index contributed by atoms with van der Waals surface area (Å²) in [6.07, 6.45) is 1.92. The van der Waals surface area contributed by atoms with E-state index in [1.807, 2.05) is 42.6 Å². The van der Waals surface area contributed by atoms with Crippen LogP contribution in [0.25, 0.3) is 28.1 Å². The zero-order valence-corrected chi connectivity index (χ0v) is 14.6. The zero-order chi connectivity index (χ0) is 18.1. The van der Waals surface area contributed by atoms with Crippen LogP contribution in [0.1, 0.15) is 0 Å². The average molecular weight is 355 g/mol. The summed E-state index contributed by atoms with van der Waals surface area (Å²) < 4.78 is 13.0. The highest BCUT2D eigenvalue weighted by Crippen LogP contribution is 2.32. The van der Waals surface area contributed by atoms with Gasteiger partial charge in [0.2, 0.25) is 0 Å². The maximum absolute atomic E-state index is 5.65. The molecule has 1 aromatic heterocycles. The lowest BCUT2D eigenvalue weighted by atomic mass is 10.0. The van der Waals surface area contributed by atoms with Crippen molar-refractivity contribution in [1.29, 1.82) is 0 Å². The summed E-state index contributed by atoms with van der Waals surface area (Å²) in [5.41, 5.74) is 5.12. The Morgan fingerprint density at radius 3 is 2.22 bits per heavy atom. The van der Waals surface area contributed by atoms with E-state index in [0.29, 0.717) is 13.2 Å². The largest absolute Gasteiger partial charge is 0.486 e. The van der Waals surface area contributed by atoms with Crippen molar-refractivity contribution in [3.8, 4) is 39.6 Å². The maximum atomic E-state index is 5.65. The minimum absolute atomic E-state index is 0.562. The second-order valence-electron chi connectivity index (χ2n) is 6.32. The molecule has 0 unspecified atom stereocenters. The van der Waals surface area contributed by atoms with Gasteiger partial charge in [0.1, 0.15) is 18.9 Å². The SMILES string of the molecule is c1ccc(-c2ccc(-c3cn(-c4ccc5c(c4)OCCO5)nn3)cc2)cc1. The van der Waals surface area contributed by atoms with E-state index < -0.39 is 0 Å². The smallest absolute Gasteiger partial charge is 0.163 e. The highest BCUT2D eigenvalue weighted by atomic mass is 16.6. The van der Waals surface area contributed by atoms with Gasteiger partial charge in [-0.1, -0.05) is 59.8 Å². The summed E-state index contributed by atoms with van der Waals surface area (Å²) in [6, 6.07) is 24.4. The molecule has 0 atom stereocenters. The van der Waals surface area contributed by atoms with E-state index in [1.54, 1.807) is 4.68 Å². The minimum atomic E-state index is 0.562. The third kappa shape index (κ3) is 3.04. The Kier molecular flexibility index (Phi) is 3.83. The Labute approximate surface area is 156 Å². The normalized spacial score (nSPS) is 12.7. The molecule has 2 heterocycles. The van der Waals surface area contributed by atoms with Crippen LogP contribution < -0.4 is 9.47 Å². The highest BCUT2D eigenvalue weighted by molar-refractivity contribution is 5.68. The quantitative estimate of drug-likeness (QED) is 0.547. The zero-order valence-electron chi connectivity index (χ0n) is 14.6. The number of fused-ring (bicyclic) bond motifs is 1. The van der Waals surface area contributed by atoms with Gasteiger partial charge >= 0.3 is 0 Å². The van der Waals surface area contributed by atoms with Crippen molar-refractivity contribution in [1.82, 2.24) is 15.0 Å². The van der Waals surface area contributed by atoms with Crippen LogP contribution in [0.5, 0.6) is 11.5 Å². The molecular formula is C22H17N3O2. The van der Waals surface area contributed by atoms with E-state index in [9.17, 15) is 0 Å². The first kappa shape index (κ1) is 15.6. The lowest BCUT2D eigenvalue weighted by molar-refractivity contribution is 0.171. The Morgan fingerprint density at radius 1 is 0.704 bits per heavy atom. The molecule has 4 aromatic rings. The fraction of sp³-hybridized carbons (Fsp3) is 0.0909. The molecule has 0 N–H and O–H groups in total. The molecule has 27 heavy (non-hydrogen) atoms. The van der Waals surface area contributed by atoms with Gasteiger partial charge in [-0.05, 0) is 23.3 Å². The molecule has 0 aliphatic carbocycles. The van der Waals surface area contributed by atoms with Crippen LogP contribution in [-0.4, -0.2) is 28.2 Å². The number of nitrogens with zero attached hydrogens (tertiary/aromatic N) is 3. The molecule has 5 rings (SSSR count). The van der Waals surface area contributed by atoms with Gasteiger partial charge < -0.3 is 9.47 Å². The second-order valence-corrected chi connectivity index (χ2v) is 6.32. The molecule has 5 heteroatoms.